The molecule has 0 fully saturated rings. The number of hydrogen-bond acceptors (Lipinski definition) is 0. The summed E-state index contributed by atoms with van der Waals surface area (Å²) in [5.41, 5.74) is 1.32. The van der Waals surface area contributed by atoms with Gasteiger partial charge in [0.25, 0.3) is 0 Å². The highest BCUT2D eigenvalue weighted by atomic mass is 14.0. The Labute approximate surface area is 89.2 Å². The van der Waals surface area contributed by atoms with Gasteiger partial charge in [-0.1, -0.05) is 48.5 Å². The molecule has 0 amide bonds. The van der Waals surface area contributed by atoms with Crippen LogP contribution >= 0.6 is 0 Å². The Balaban J connectivity index is 2.64. The first-order valence-electron chi connectivity index (χ1n) is 5.15. The van der Waals surface area contributed by atoms with E-state index in [-0.39, 0.29) is 0 Å². The first-order valence-corrected chi connectivity index (χ1v) is 5.15. The molecular weight excluding hydrogens is 180 g/mol. The average molecular weight is 191 g/mol. The molecular formula is C15H11. The lowest BCUT2D eigenvalue weighted by molar-refractivity contribution is 1.54. The molecule has 0 aliphatic rings. The van der Waals surface area contributed by atoms with Crippen molar-refractivity contribution in [2.75, 3.05) is 0 Å². The lowest BCUT2D eigenvalue weighted by atomic mass is 9.99. The van der Waals surface area contributed by atoms with Crippen molar-refractivity contribution in [1.29, 1.82) is 0 Å². The van der Waals surface area contributed by atoms with E-state index in [1.807, 2.05) is 6.07 Å². The molecule has 0 saturated carbocycles. The van der Waals surface area contributed by atoms with Crippen LogP contribution in [0.15, 0.2) is 48.5 Å². The second kappa shape index (κ2) is 3.09. The van der Waals surface area contributed by atoms with Gasteiger partial charge >= 0.3 is 0 Å². The maximum Gasteiger partial charge on any atom is -0.00699 e. The van der Waals surface area contributed by atoms with Crippen LogP contribution in [0.5, 0.6) is 0 Å². The minimum absolute atomic E-state index is 1.20. The molecule has 0 saturated heterocycles. The van der Waals surface area contributed by atoms with Gasteiger partial charge in [-0.15, -0.1) is 0 Å². The van der Waals surface area contributed by atoms with Crippen LogP contribution < -0.4 is 0 Å². The Morgan fingerprint density at radius 2 is 1.80 bits per heavy atom. The fraction of sp³-hybridized carbons (Fsp3) is 0.0667. The Hall–Kier alpha value is -1.82. The van der Waals surface area contributed by atoms with Crippen molar-refractivity contribution in [3.63, 3.8) is 0 Å². The van der Waals surface area contributed by atoms with Crippen LogP contribution in [0.25, 0.3) is 21.5 Å². The van der Waals surface area contributed by atoms with E-state index in [1.165, 1.54) is 27.1 Å². The third kappa shape index (κ3) is 1.22. The molecule has 1 radical (unpaired) electrons. The molecule has 0 unspecified atom stereocenters. The van der Waals surface area contributed by atoms with Crippen LogP contribution in [0, 0.1) is 13.0 Å². The van der Waals surface area contributed by atoms with Crippen molar-refractivity contribution in [2.24, 2.45) is 0 Å². The summed E-state index contributed by atoms with van der Waals surface area (Å²) in [6.45, 7) is 2.16. The summed E-state index contributed by atoms with van der Waals surface area (Å²) in [6.07, 6.45) is 0. The number of fused-ring (bicyclic) bond motifs is 3. The quantitative estimate of drug-likeness (QED) is 0.469. The predicted octanol–water partition coefficient (Wildman–Crippen LogP) is 4.10. The molecule has 0 bridgehead atoms. The smallest absolute Gasteiger partial charge is 0.00699 e. The van der Waals surface area contributed by atoms with E-state index in [0.717, 1.165) is 0 Å². The topological polar surface area (TPSA) is 0 Å². The van der Waals surface area contributed by atoms with E-state index in [9.17, 15) is 0 Å². The van der Waals surface area contributed by atoms with Crippen molar-refractivity contribution in [2.45, 2.75) is 6.92 Å². The monoisotopic (exact) mass is 191 g/mol. The number of hydrogen-bond donors (Lipinski definition) is 0. The fourth-order valence-electron chi connectivity index (χ4n) is 2.16. The van der Waals surface area contributed by atoms with E-state index in [4.69, 9.17) is 0 Å². The molecule has 0 aromatic heterocycles. The minimum Gasteiger partial charge on any atom is -0.0616 e. The lowest BCUT2D eigenvalue weighted by Gasteiger charge is -2.05. The zero-order valence-corrected chi connectivity index (χ0v) is 8.62. The molecule has 0 heterocycles. The third-order valence-electron chi connectivity index (χ3n) is 2.90. The Morgan fingerprint density at radius 1 is 0.933 bits per heavy atom. The van der Waals surface area contributed by atoms with Gasteiger partial charge < -0.3 is 0 Å². The molecule has 15 heavy (non-hydrogen) atoms. The van der Waals surface area contributed by atoms with E-state index in [1.54, 1.807) is 0 Å². The molecule has 0 spiro atoms. The second-order valence-corrected chi connectivity index (χ2v) is 3.87. The van der Waals surface area contributed by atoms with Crippen LogP contribution in [0.2, 0.25) is 0 Å². The van der Waals surface area contributed by atoms with Crippen molar-refractivity contribution < 1.29 is 0 Å². The summed E-state index contributed by atoms with van der Waals surface area (Å²) < 4.78 is 0. The van der Waals surface area contributed by atoms with Gasteiger partial charge in [0.15, 0.2) is 0 Å². The highest BCUT2D eigenvalue weighted by molar-refractivity contribution is 6.08. The normalized spacial score (nSPS) is 11.0. The highest BCUT2D eigenvalue weighted by Crippen LogP contribution is 2.27. The molecule has 0 N–H and O–H groups in total. The molecule has 0 aliphatic heterocycles. The third-order valence-corrected chi connectivity index (χ3v) is 2.90. The molecule has 3 aromatic rings. The van der Waals surface area contributed by atoms with Gasteiger partial charge in [-0.2, -0.15) is 0 Å². The van der Waals surface area contributed by atoms with Gasteiger partial charge in [-0.3, -0.25) is 0 Å². The first-order chi connectivity index (χ1) is 7.36. The second-order valence-electron chi connectivity index (χ2n) is 3.87. The van der Waals surface area contributed by atoms with E-state index >= 15 is 0 Å². The fourth-order valence-corrected chi connectivity index (χ4v) is 2.16. The maximum atomic E-state index is 3.28. The van der Waals surface area contributed by atoms with Crippen LogP contribution in [-0.4, -0.2) is 0 Å². The van der Waals surface area contributed by atoms with Crippen LogP contribution in [-0.2, 0) is 0 Å². The average Bonchev–Trinajstić information content (AvgIpc) is 2.29. The number of rotatable bonds is 0. The Morgan fingerprint density at radius 3 is 2.73 bits per heavy atom. The van der Waals surface area contributed by atoms with Crippen molar-refractivity contribution in [3.8, 4) is 0 Å². The Kier molecular flexibility index (Phi) is 1.75. The first kappa shape index (κ1) is 8.49. The predicted molar refractivity (Wildman–Crippen MR) is 65.0 cm³/mol. The van der Waals surface area contributed by atoms with Gasteiger partial charge in [-0.25, -0.2) is 0 Å². The molecule has 3 aromatic carbocycles. The summed E-state index contributed by atoms with van der Waals surface area (Å²) in [6, 6.07) is 20.2. The number of aryl methyl sites for hydroxylation is 1. The largest absolute Gasteiger partial charge is 0.0616 e. The zero-order chi connectivity index (χ0) is 10.3. The SMILES string of the molecule is Cc1cc[c]c2ccc3ccccc3c12. The van der Waals surface area contributed by atoms with Crippen LogP contribution in [0.4, 0.5) is 0 Å². The minimum atomic E-state index is 1.20. The van der Waals surface area contributed by atoms with E-state index < -0.39 is 0 Å². The van der Waals surface area contributed by atoms with E-state index in [0.29, 0.717) is 0 Å². The lowest BCUT2D eigenvalue weighted by Crippen LogP contribution is -1.81. The zero-order valence-electron chi connectivity index (χ0n) is 8.62. The standard InChI is InChI=1S/C15H11/c1-11-5-4-7-13-10-9-12-6-2-3-8-14(12)15(11)13/h2-6,8-10H,1H3. The summed E-state index contributed by atoms with van der Waals surface area (Å²) >= 11 is 0. The number of benzene rings is 3. The maximum absolute atomic E-state index is 3.28. The molecule has 0 heteroatoms. The highest BCUT2D eigenvalue weighted by Gasteiger charge is 2.01. The summed E-state index contributed by atoms with van der Waals surface area (Å²) in [4.78, 5) is 0. The summed E-state index contributed by atoms with van der Waals surface area (Å²) in [5.74, 6) is 0. The van der Waals surface area contributed by atoms with Gasteiger partial charge in [0.1, 0.15) is 0 Å². The molecule has 0 aliphatic carbocycles. The van der Waals surface area contributed by atoms with Gasteiger partial charge in [0, 0.05) is 0 Å². The van der Waals surface area contributed by atoms with Crippen molar-refractivity contribution >= 4 is 21.5 Å². The van der Waals surface area contributed by atoms with Crippen LogP contribution in [0.1, 0.15) is 5.56 Å². The van der Waals surface area contributed by atoms with Crippen molar-refractivity contribution in [1.82, 2.24) is 0 Å². The van der Waals surface area contributed by atoms with Crippen LogP contribution in [0.3, 0.4) is 0 Å². The van der Waals surface area contributed by atoms with Gasteiger partial charge in [-0.05, 0) is 40.1 Å². The Bertz CT molecular complexity index is 636. The van der Waals surface area contributed by atoms with Gasteiger partial charge in [0.05, 0.1) is 0 Å². The van der Waals surface area contributed by atoms with E-state index in [2.05, 4.69) is 55.5 Å². The van der Waals surface area contributed by atoms with Gasteiger partial charge in [0.2, 0.25) is 0 Å². The summed E-state index contributed by atoms with van der Waals surface area (Å²) in [5, 5.41) is 5.15. The molecule has 3 rings (SSSR count). The molecule has 71 valence electrons. The summed E-state index contributed by atoms with van der Waals surface area (Å²) in [7, 11) is 0. The van der Waals surface area contributed by atoms with Crippen molar-refractivity contribution in [3.05, 3.63) is 60.2 Å². The molecule has 0 atom stereocenters. The molecule has 0 nitrogen and oxygen atoms in total.